The van der Waals surface area contributed by atoms with E-state index in [9.17, 15) is 19.5 Å². The van der Waals surface area contributed by atoms with Gasteiger partial charge in [0.25, 0.3) is 0 Å². The Labute approximate surface area is 179 Å². The minimum atomic E-state index is -0.745. The van der Waals surface area contributed by atoms with Crippen LogP contribution in [0.2, 0.25) is 0 Å². The highest BCUT2D eigenvalue weighted by Crippen LogP contribution is 2.67. The van der Waals surface area contributed by atoms with Crippen molar-refractivity contribution >= 4 is 17.9 Å². The zero-order valence-corrected chi connectivity index (χ0v) is 17.7. The van der Waals surface area contributed by atoms with Crippen molar-refractivity contribution in [2.45, 2.75) is 62.8 Å². The SMILES string of the molecule is C=C1C(=O)O[C@H]2[C@H]1[C@H](OC(=O)/C(C)=C\COC(C)=O)C[C@]1(CO1)[C@@H]1[C@H](O)[C@H]3O[C@@]3(C)[C@H]21. The van der Waals surface area contributed by atoms with Gasteiger partial charge in [-0.15, -0.1) is 0 Å². The first-order valence-electron chi connectivity index (χ1n) is 10.5. The number of esters is 3. The van der Waals surface area contributed by atoms with Crippen LogP contribution in [0.1, 0.15) is 27.2 Å². The summed E-state index contributed by atoms with van der Waals surface area (Å²) >= 11 is 0. The van der Waals surface area contributed by atoms with Crippen molar-refractivity contribution in [2.24, 2.45) is 17.8 Å². The number of ether oxygens (including phenoxy) is 5. The zero-order chi connectivity index (χ0) is 22.3. The Morgan fingerprint density at radius 3 is 2.68 bits per heavy atom. The molecule has 0 aromatic carbocycles. The average Bonchev–Trinajstić information content (AvgIpc) is 3.57. The third kappa shape index (κ3) is 2.97. The summed E-state index contributed by atoms with van der Waals surface area (Å²) in [5.74, 6) is -2.68. The summed E-state index contributed by atoms with van der Waals surface area (Å²) in [6.07, 6.45) is -0.603. The van der Waals surface area contributed by atoms with Crippen LogP contribution in [0.5, 0.6) is 0 Å². The van der Waals surface area contributed by atoms with Crippen LogP contribution < -0.4 is 0 Å². The third-order valence-corrected chi connectivity index (χ3v) is 7.56. The fourth-order valence-electron chi connectivity index (χ4n) is 5.90. The molecule has 0 aromatic rings. The van der Waals surface area contributed by atoms with E-state index in [1.165, 1.54) is 13.0 Å². The van der Waals surface area contributed by atoms with Crippen LogP contribution in [0.15, 0.2) is 23.8 Å². The monoisotopic (exact) mass is 434 g/mol. The molecule has 0 radical (unpaired) electrons. The van der Waals surface area contributed by atoms with Crippen LogP contribution in [-0.4, -0.2) is 71.8 Å². The largest absolute Gasteiger partial charge is 0.462 e. The molecule has 168 valence electrons. The topological polar surface area (TPSA) is 124 Å². The number of epoxide rings is 2. The van der Waals surface area contributed by atoms with E-state index in [-0.39, 0.29) is 35.7 Å². The Hall–Kier alpha value is -2.23. The molecular weight excluding hydrogens is 408 g/mol. The molecule has 9 atom stereocenters. The fraction of sp³-hybridized carbons (Fsp3) is 0.682. The fourth-order valence-corrected chi connectivity index (χ4v) is 5.90. The molecule has 3 aliphatic heterocycles. The normalized spacial score (nSPS) is 47.1. The number of aliphatic hydroxyl groups excluding tert-OH is 1. The highest BCUT2D eigenvalue weighted by molar-refractivity contribution is 5.92. The van der Waals surface area contributed by atoms with Gasteiger partial charge in [0.05, 0.1) is 18.6 Å². The van der Waals surface area contributed by atoms with Gasteiger partial charge in [-0.25, -0.2) is 9.59 Å². The van der Waals surface area contributed by atoms with E-state index >= 15 is 0 Å². The maximum atomic E-state index is 12.8. The molecule has 1 N–H and O–H groups in total. The van der Waals surface area contributed by atoms with Gasteiger partial charge in [-0.2, -0.15) is 0 Å². The molecule has 0 unspecified atom stereocenters. The van der Waals surface area contributed by atoms with E-state index < -0.39 is 53.3 Å². The highest BCUT2D eigenvalue weighted by atomic mass is 16.6. The summed E-state index contributed by atoms with van der Waals surface area (Å²) in [6, 6.07) is 0. The quantitative estimate of drug-likeness (QED) is 0.290. The molecule has 1 spiro atoms. The molecule has 3 saturated heterocycles. The van der Waals surface area contributed by atoms with Crippen molar-refractivity contribution in [3.63, 3.8) is 0 Å². The van der Waals surface area contributed by atoms with E-state index in [2.05, 4.69) is 6.58 Å². The molecule has 3 heterocycles. The smallest absolute Gasteiger partial charge is 0.334 e. The summed E-state index contributed by atoms with van der Waals surface area (Å²) < 4.78 is 28.1. The van der Waals surface area contributed by atoms with Gasteiger partial charge >= 0.3 is 17.9 Å². The van der Waals surface area contributed by atoms with Crippen molar-refractivity contribution in [2.75, 3.05) is 13.2 Å². The highest BCUT2D eigenvalue weighted by Gasteiger charge is 2.81. The second kappa shape index (κ2) is 6.63. The Morgan fingerprint density at radius 1 is 1.32 bits per heavy atom. The van der Waals surface area contributed by atoms with Gasteiger partial charge in [-0.3, -0.25) is 4.79 Å². The first-order chi connectivity index (χ1) is 14.6. The van der Waals surface area contributed by atoms with E-state index in [0.717, 1.165) is 0 Å². The molecule has 5 aliphatic rings. The van der Waals surface area contributed by atoms with Gasteiger partial charge in [0.1, 0.15) is 36.1 Å². The second-order valence-electron chi connectivity index (χ2n) is 9.38. The summed E-state index contributed by atoms with van der Waals surface area (Å²) in [5.41, 5.74) is -0.735. The molecular formula is C22H26O9. The molecule has 9 nitrogen and oxygen atoms in total. The van der Waals surface area contributed by atoms with Gasteiger partial charge in [0, 0.05) is 36.3 Å². The van der Waals surface area contributed by atoms with Crippen LogP contribution in [-0.2, 0) is 38.1 Å². The molecule has 31 heavy (non-hydrogen) atoms. The molecule has 2 aliphatic carbocycles. The number of carbonyl (C=O) groups excluding carboxylic acids is 3. The first-order valence-corrected chi connectivity index (χ1v) is 10.5. The number of aliphatic hydroxyl groups is 1. The van der Waals surface area contributed by atoms with E-state index in [0.29, 0.717) is 13.0 Å². The molecule has 0 aromatic heterocycles. The van der Waals surface area contributed by atoms with E-state index in [1.54, 1.807) is 6.92 Å². The van der Waals surface area contributed by atoms with E-state index in [1.807, 2.05) is 6.92 Å². The van der Waals surface area contributed by atoms with Crippen LogP contribution in [0.3, 0.4) is 0 Å². The van der Waals surface area contributed by atoms with Gasteiger partial charge in [-0.1, -0.05) is 6.58 Å². The lowest BCUT2D eigenvalue weighted by Gasteiger charge is -2.33. The minimum Gasteiger partial charge on any atom is -0.462 e. The number of hydrogen-bond donors (Lipinski definition) is 1. The molecule has 0 bridgehead atoms. The van der Waals surface area contributed by atoms with Crippen LogP contribution in [0, 0.1) is 17.8 Å². The molecule has 5 fully saturated rings. The van der Waals surface area contributed by atoms with Crippen LogP contribution >= 0.6 is 0 Å². The van der Waals surface area contributed by atoms with Crippen molar-refractivity contribution in [3.05, 3.63) is 23.8 Å². The number of hydrogen-bond acceptors (Lipinski definition) is 9. The number of fused-ring (bicyclic) bond motifs is 6. The number of carbonyl (C=O) groups is 3. The maximum Gasteiger partial charge on any atom is 0.334 e. The molecule has 5 rings (SSSR count). The second-order valence-corrected chi connectivity index (χ2v) is 9.38. The summed E-state index contributed by atoms with van der Waals surface area (Å²) in [5, 5.41) is 10.9. The van der Waals surface area contributed by atoms with Gasteiger partial charge in [0.2, 0.25) is 0 Å². The lowest BCUT2D eigenvalue weighted by Crippen LogP contribution is -2.44. The van der Waals surface area contributed by atoms with Crippen molar-refractivity contribution < 1.29 is 43.2 Å². The minimum absolute atomic E-state index is 0.0399. The van der Waals surface area contributed by atoms with Gasteiger partial charge < -0.3 is 28.8 Å². The molecule has 0 amide bonds. The van der Waals surface area contributed by atoms with E-state index in [4.69, 9.17) is 23.7 Å². The predicted octanol–water partition coefficient (Wildman–Crippen LogP) is 0.442. The molecule has 2 saturated carbocycles. The van der Waals surface area contributed by atoms with Gasteiger partial charge in [-0.05, 0) is 19.9 Å². The van der Waals surface area contributed by atoms with Crippen LogP contribution in [0.25, 0.3) is 0 Å². The Bertz CT molecular complexity index is 903. The first kappa shape index (κ1) is 20.7. The summed E-state index contributed by atoms with van der Waals surface area (Å²) in [6.45, 7) is 9.07. The maximum absolute atomic E-state index is 12.8. The van der Waals surface area contributed by atoms with Crippen molar-refractivity contribution in [1.29, 1.82) is 0 Å². The van der Waals surface area contributed by atoms with Crippen molar-refractivity contribution in [1.82, 2.24) is 0 Å². The third-order valence-electron chi connectivity index (χ3n) is 7.56. The standard InChI is InChI=1S/C22H26O9/c1-9(5-6-27-11(3)23)19(25)29-12-7-22(8-28-22)14-15(21(4)18(31-21)16(14)24)17-13(12)10(2)20(26)30-17/h5,12-18,24H,2,6-8H2,1,3-4H3/b9-5-/t12-,13-,14+,15+,16+,17+,18-,21+,22+/m1/s1. The Morgan fingerprint density at radius 2 is 2.03 bits per heavy atom. The Balaban J connectivity index is 1.44. The van der Waals surface area contributed by atoms with Crippen molar-refractivity contribution in [3.8, 4) is 0 Å². The summed E-state index contributed by atoms with van der Waals surface area (Å²) in [7, 11) is 0. The van der Waals surface area contributed by atoms with Gasteiger partial charge in [0.15, 0.2) is 0 Å². The predicted molar refractivity (Wildman–Crippen MR) is 102 cm³/mol. The number of rotatable bonds is 4. The summed E-state index contributed by atoms with van der Waals surface area (Å²) in [4.78, 5) is 36.1. The Kier molecular flexibility index (Phi) is 4.42. The average molecular weight is 434 g/mol. The van der Waals surface area contributed by atoms with Crippen LogP contribution in [0.4, 0.5) is 0 Å². The lowest BCUT2D eigenvalue weighted by atomic mass is 9.76. The lowest BCUT2D eigenvalue weighted by molar-refractivity contribution is -0.150. The molecule has 9 heteroatoms. The zero-order valence-electron chi connectivity index (χ0n) is 17.7.